The lowest BCUT2D eigenvalue weighted by molar-refractivity contribution is 0.389. The van der Waals surface area contributed by atoms with Crippen LogP contribution in [0.2, 0.25) is 0 Å². The van der Waals surface area contributed by atoms with Crippen LogP contribution in [-0.4, -0.2) is 26.6 Å². The fourth-order valence-corrected chi connectivity index (χ4v) is 1.82. The molecule has 1 N–H and O–H groups in total. The van der Waals surface area contributed by atoms with Crippen LogP contribution in [0, 0.1) is 6.92 Å². The third-order valence-electron chi connectivity index (χ3n) is 2.65. The van der Waals surface area contributed by atoms with E-state index >= 15 is 0 Å². The van der Waals surface area contributed by atoms with Gasteiger partial charge in [-0.25, -0.2) is 0 Å². The van der Waals surface area contributed by atoms with Gasteiger partial charge in [-0.2, -0.15) is 0 Å². The Hall–Kier alpha value is -0.930. The van der Waals surface area contributed by atoms with Crippen LogP contribution in [0.3, 0.4) is 0 Å². The van der Waals surface area contributed by atoms with E-state index in [-0.39, 0.29) is 0 Å². The monoisotopic (exact) mass is 257 g/mol. The number of methoxy groups -OCH3 is 2. The molecule has 4 heteroatoms. The quantitative estimate of drug-likeness (QED) is 0.602. The third kappa shape index (κ3) is 4.10. The molecule has 0 aliphatic carbocycles. The maximum Gasteiger partial charge on any atom is 0.127 e. The molecule has 1 rings (SSSR count). The van der Waals surface area contributed by atoms with Crippen LogP contribution in [0.25, 0.3) is 0 Å². The van der Waals surface area contributed by atoms with Crippen molar-refractivity contribution in [2.24, 2.45) is 0 Å². The largest absolute Gasteiger partial charge is 0.497 e. The summed E-state index contributed by atoms with van der Waals surface area (Å²) < 4.78 is 10.6. The maximum atomic E-state index is 5.63. The summed E-state index contributed by atoms with van der Waals surface area (Å²) in [5.41, 5.74) is 2.34. The predicted octanol–water partition coefficient (Wildman–Crippen LogP) is 2.73. The Morgan fingerprint density at radius 2 is 2.00 bits per heavy atom. The van der Waals surface area contributed by atoms with Gasteiger partial charge in [-0.1, -0.05) is 0 Å². The summed E-state index contributed by atoms with van der Waals surface area (Å²) in [6.07, 6.45) is 0.971. The standard InChI is InChI=1S/C13H20ClNO2/c1-10-7-11(16-2)8-13(17-3)12(10)9-15-6-4-5-14/h7-8,15H,4-6,9H2,1-3H3. The molecule has 0 spiro atoms. The molecular weight excluding hydrogens is 238 g/mol. The Labute approximate surface area is 108 Å². The molecule has 0 aliphatic heterocycles. The summed E-state index contributed by atoms with van der Waals surface area (Å²) in [4.78, 5) is 0. The lowest BCUT2D eigenvalue weighted by Crippen LogP contribution is -2.16. The first-order chi connectivity index (χ1) is 8.22. The summed E-state index contributed by atoms with van der Waals surface area (Å²) >= 11 is 5.63. The van der Waals surface area contributed by atoms with E-state index in [1.54, 1.807) is 14.2 Å². The lowest BCUT2D eigenvalue weighted by Gasteiger charge is -2.14. The topological polar surface area (TPSA) is 30.5 Å². The molecule has 0 heterocycles. The van der Waals surface area contributed by atoms with E-state index in [1.165, 1.54) is 11.1 Å². The Morgan fingerprint density at radius 3 is 2.59 bits per heavy atom. The van der Waals surface area contributed by atoms with E-state index in [1.807, 2.05) is 12.1 Å². The molecule has 0 radical (unpaired) electrons. The van der Waals surface area contributed by atoms with E-state index in [2.05, 4.69) is 12.2 Å². The molecule has 0 saturated heterocycles. The van der Waals surface area contributed by atoms with Crippen LogP contribution in [0.5, 0.6) is 11.5 Å². The lowest BCUT2D eigenvalue weighted by atomic mass is 10.1. The van der Waals surface area contributed by atoms with Crippen molar-refractivity contribution in [1.29, 1.82) is 0 Å². The van der Waals surface area contributed by atoms with Crippen molar-refractivity contribution >= 4 is 11.6 Å². The molecule has 1 aromatic rings. The minimum atomic E-state index is 0.686. The van der Waals surface area contributed by atoms with Crippen molar-refractivity contribution < 1.29 is 9.47 Å². The van der Waals surface area contributed by atoms with Gasteiger partial charge in [-0.05, 0) is 31.5 Å². The second kappa shape index (κ2) is 7.41. The van der Waals surface area contributed by atoms with Gasteiger partial charge in [0.25, 0.3) is 0 Å². The zero-order valence-electron chi connectivity index (χ0n) is 10.7. The number of aryl methyl sites for hydroxylation is 1. The van der Waals surface area contributed by atoms with E-state index in [0.717, 1.165) is 31.0 Å². The number of benzene rings is 1. The molecule has 0 bridgehead atoms. The minimum Gasteiger partial charge on any atom is -0.497 e. The molecule has 0 aliphatic rings. The highest BCUT2D eigenvalue weighted by atomic mass is 35.5. The van der Waals surface area contributed by atoms with E-state index in [4.69, 9.17) is 21.1 Å². The summed E-state index contributed by atoms with van der Waals surface area (Å²) in [6, 6.07) is 3.92. The number of alkyl halides is 1. The van der Waals surface area contributed by atoms with Crippen LogP contribution in [0.4, 0.5) is 0 Å². The van der Waals surface area contributed by atoms with Gasteiger partial charge in [-0.15, -0.1) is 11.6 Å². The van der Waals surface area contributed by atoms with E-state index < -0.39 is 0 Å². The summed E-state index contributed by atoms with van der Waals surface area (Å²) in [5.74, 6) is 2.37. The van der Waals surface area contributed by atoms with Crippen LogP contribution in [0.1, 0.15) is 17.5 Å². The summed E-state index contributed by atoms with van der Waals surface area (Å²) in [6.45, 7) is 3.76. The zero-order valence-corrected chi connectivity index (χ0v) is 11.4. The molecule has 17 heavy (non-hydrogen) atoms. The average molecular weight is 258 g/mol. The SMILES string of the molecule is COc1cc(C)c(CNCCCCl)c(OC)c1. The van der Waals surface area contributed by atoms with Crippen LogP contribution >= 0.6 is 11.6 Å². The van der Waals surface area contributed by atoms with Gasteiger partial charge in [0.05, 0.1) is 14.2 Å². The first-order valence-electron chi connectivity index (χ1n) is 5.71. The van der Waals surface area contributed by atoms with Crippen LogP contribution in [0.15, 0.2) is 12.1 Å². The molecule has 0 saturated carbocycles. The van der Waals surface area contributed by atoms with Gasteiger partial charge < -0.3 is 14.8 Å². The fourth-order valence-electron chi connectivity index (χ4n) is 1.68. The van der Waals surface area contributed by atoms with Gasteiger partial charge in [0.15, 0.2) is 0 Å². The van der Waals surface area contributed by atoms with Crippen LogP contribution in [-0.2, 0) is 6.54 Å². The zero-order chi connectivity index (χ0) is 12.7. The molecule has 0 fully saturated rings. The first kappa shape index (κ1) is 14.1. The fraction of sp³-hybridized carbons (Fsp3) is 0.538. The number of hydrogen-bond acceptors (Lipinski definition) is 3. The summed E-state index contributed by atoms with van der Waals surface area (Å²) in [7, 11) is 3.34. The number of halogens is 1. The molecule has 0 unspecified atom stereocenters. The Kier molecular flexibility index (Phi) is 6.16. The highest BCUT2D eigenvalue weighted by Gasteiger charge is 2.08. The van der Waals surface area contributed by atoms with Gasteiger partial charge in [-0.3, -0.25) is 0 Å². The number of rotatable bonds is 7. The highest BCUT2D eigenvalue weighted by Crippen LogP contribution is 2.28. The molecule has 0 aromatic heterocycles. The highest BCUT2D eigenvalue weighted by molar-refractivity contribution is 6.17. The predicted molar refractivity (Wildman–Crippen MR) is 71.3 cm³/mol. The average Bonchev–Trinajstić information content (AvgIpc) is 2.35. The number of nitrogens with one attached hydrogen (secondary N) is 1. The Morgan fingerprint density at radius 1 is 1.24 bits per heavy atom. The third-order valence-corrected chi connectivity index (χ3v) is 2.92. The number of ether oxygens (including phenoxy) is 2. The smallest absolute Gasteiger partial charge is 0.127 e. The maximum absolute atomic E-state index is 5.63. The Bertz CT molecular complexity index is 356. The molecule has 0 atom stereocenters. The number of hydrogen-bond donors (Lipinski definition) is 1. The molecule has 1 aromatic carbocycles. The van der Waals surface area contributed by atoms with Crippen molar-refractivity contribution in [3.05, 3.63) is 23.3 Å². The second-order valence-electron chi connectivity index (χ2n) is 3.84. The van der Waals surface area contributed by atoms with Crippen molar-refractivity contribution in [2.75, 3.05) is 26.6 Å². The molecule has 3 nitrogen and oxygen atoms in total. The summed E-state index contributed by atoms with van der Waals surface area (Å²) in [5, 5.41) is 3.35. The van der Waals surface area contributed by atoms with E-state index in [0.29, 0.717) is 5.88 Å². The van der Waals surface area contributed by atoms with Crippen LogP contribution < -0.4 is 14.8 Å². The van der Waals surface area contributed by atoms with Crippen molar-refractivity contribution in [1.82, 2.24) is 5.32 Å². The normalized spacial score (nSPS) is 10.4. The van der Waals surface area contributed by atoms with Crippen molar-refractivity contribution in [2.45, 2.75) is 19.9 Å². The van der Waals surface area contributed by atoms with Crippen molar-refractivity contribution in [3.8, 4) is 11.5 Å². The van der Waals surface area contributed by atoms with Crippen molar-refractivity contribution in [3.63, 3.8) is 0 Å². The van der Waals surface area contributed by atoms with E-state index in [9.17, 15) is 0 Å². The first-order valence-corrected chi connectivity index (χ1v) is 6.24. The molecule has 0 amide bonds. The second-order valence-corrected chi connectivity index (χ2v) is 4.22. The van der Waals surface area contributed by atoms with Gasteiger partial charge in [0.1, 0.15) is 11.5 Å². The minimum absolute atomic E-state index is 0.686. The van der Waals surface area contributed by atoms with Gasteiger partial charge >= 0.3 is 0 Å². The molecular formula is C13H20ClNO2. The van der Waals surface area contributed by atoms with Gasteiger partial charge in [0.2, 0.25) is 0 Å². The Balaban J connectivity index is 2.75. The van der Waals surface area contributed by atoms with Gasteiger partial charge in [0, 0.05) is 24.1 Å². The molecule has 96 valence electrons.